The maximum absolute atomic E-state index is 13.9. The molecule has 112 valence electrons. The van der Waals surface area contributed by atoms with Gasteiger partial charge in [0.25, 0.3) is 0 Å². The van der Waals surface area contributed by atoms with Gasteiger partial charge in [0.1, 0.15) is 5.82 Å². The molecule has 0 heterocycles. The standard InChI is InChI=1S/C16H25FN2O/c1-16(12-18,11-13-5-3-4-6-15(13)17)19(9-10-20-2)14-7-8-14/h3-6,14H,7-12,18H2,1-2H3. The van der Waals surface area contributed by atoms with E-state index >= 15 is 0 Å². The van der Waals surface area contributed by atoms with Crippen LogP contribution < -0.4 is 5.73 Å². The second-order valence-electron chi connectivity index (χ2n) is 5.89. The zero-order valence-electron chi connectivity index (χ0n) is 12.4. The van der Waals surface area contributed by atoms with Crippen molar-refractivity contribution in [2.75, 3.05) is 26.8 Å². The lowest BCUT2D eigenvalue weighted by molar-refractivity contribution is 0.0630. The number of methoxy groups -OCH3 is 1. The van der Waals surface area contributed by atoms with Crippen LogP contribution >= 0.6 is 0 Å². The Morgan fingerprint density at radius 3 is 2.65 bits per heavy atom. The summed E-state index contributed by atoms with van der Waals surface area (Å²) in [6, 6.07) is 7.55. The van der Waals surface area contributed by atoms with Gasteiger partial charge in [-0.1, -0.05) is 18.2 Å². The zero-order chi connectivity index (χ0) is 14.6. The lowest BCUT2D eigenvalue weighted by Gasteiger charge is -2.41. The maximum atomic E-state index is 13.9. The second-order valence-corrected chi connectivity index (χ2v) is 5.89. The zero-order valence-corrected chi connectivity index (χ0v) is 12.4. The molecule has 2 rings (SSSR count). The molecule has 0 amide bonds. The Hall–Kier alpha value is -0.970. The first-order chi connectivity index (χ1) is 9.60. The summed E-state index contributed by atoms with van der Waals surface area (Å²) in [5.74, 6) is -0.144. The smallest absolute Gasteiger partial charge is 0.126 e. The Bertz CT molecular complexity index is 436. The van der Waals surface area contributed by atoms with E-state index < -0.39 is 0 Å². The third kappa shape index (κ3) is 3.57. The van der Waals surface area contributed by atoms with E-state index in [9.17, 15) is 4.39 Å². The van der Waals surface area contributed by atoms with Gasteiger partial charge in [-0.3, -0.25) is 4.90 Å². The third-order valence-corrected chi connectivity index (χ3v) is 4.19. The van der Waals surface area contributed by atoms with Gasteiger partial charge in [0.15, 0.2) is 0 Å². The monoisotopic (exact) mass is 280 g/mol. The molecule has 1 aromatic carbocycles. The Kier molecular flexibility index (Phi) is 5.13. The molecule has 0 aliphatic heterocycles. The molecule has 4 heteroatoms. The van der Waals surface area contributed by atoms with E-state index in [1.54, 1.807) is 13.2 Å². The summed E-state index contributed by atoms with van der Waals surface area (Å²) < 4.78 is 19.1. The third-order valence-electron chi connectivity index (χ3n) is 4.19. The van der Waals surface area contributed by atoms with E-state index in [0.717, 1.165) is 12.1 Å². The van der Waals surface area contributed by atoms with Crippen LogP contribution in [0.3, 0.4) is 0 Å². The molecule has 2 N–H and O–H groups in total. The number of ether oxygens (including phenoxy) is 1. The largest absolute Gasteiger partial charge is 0.383 e. The summed E-state index contributed by atoms with van der Waals surface area (Å²) in [5.41, 5.74) is 6.56. The van der Waals surface area contributed by atoms with Gasteiger partial charge in [0.05, 0.1) is 6.61 Å². The Morgan fingerprint density at radius 2 is 2.10 bits per heavy atom. The van der Waals surface area contributed by atoms with Crippen LogP contribution in [0.5, 0.6) is 0 Å². The molecule has 1 aliphatic rings. The fourth-order valence-electron chi connectivity index (χ4n) is 2.81. The van der Waals surface area contributed by atoms with Crippen molar-refractivity contribution in [3.63, 3.8) is 0 Å². The van der Waals surface area contributed by atoms with Crippen LogP contribution in [0.4, 0.5) is 4.39 Å². The molecule has 1 atom stereocenters. The minimum Gasteiger partial charge on any atom is -0.383 e. The predicted molar refractivity (Wildman–Crippen MR) is 79.2 cm³/mol. The molecule has 0 bridgehead atoms. The van der Waals surface area contributed by atoms with E-state index in [0.29, 0.717) is 25.6 Å². The van der Waals surface area contributed by atoms with Crippen molar-refractivity contribution >= 4 is 0 Å². The van der Waals surface area contributed by atoms with Gasteiger partial charge in [-0.15, -0.1) is 0 Å². The Labute approximate surface area is 120 Å². The Balaban J connectivity index is 2.15. The van der Waals surface area contributed by atoms with Gasteiger partial charge in [0.2, 0.25) is 0 Å². The summed E-state index contributed by atoms with van der Waals surface area (Å²) in [5, 5.41) is 0. The van der Waals surface area contributed by atoms with Gasteiger partial charge >= 0.3 is 0 Å². The van der Waals surface area contributed by atoms with E-state index in [1.807, 2.05) is 12.1 Å². The minimum atomic E-state index is -0.220. The molecular formula is C16H25FN2O. The highest BCUT2D eigenvalue weighted by Crippen LogP contribution is 2.34. The number of hydrogen-bond donors (Lipinski definition) is 1. The molecule has 1 fully saturated rings. The first-order valence-electron chi connectivity index (χ1n) is 7.30. The summed E-state index contributed by atoms with van der Waals surface area (Å²) in [7, 11) is 1.71. The van der Waals surface area contributed by atoms with E-state index in [2.05, 4.69) is 11.8 Å². The molecular weight excluding hydrogens is 255 g/mol. The molecule has 0 radical (unpaired) electrons. The van der Waals surface area contributed by atoms with Crippen molar-refractivity contribution in [3.8, 4) is 0 Å². The van der Waals surface area contributed by atoms with Crippen molar-refractivity contribution in [2.24, 2.45) is 5.73 Å². The summed E-state index contributed by atoms with van der Waals surface area (Å²) in [4.78, 5) is 2.41. The van der Waals surface area contributed by atoms with Gasteiger partial charge in [-0.05, 0) is 37.8 Å². The molecule has 1 unspecified atom stereocenters. The fourth-order valence-corrected chi connectivity index (χ4v) is 2.81. The van der Waals surface area contributed by atoms with Gasteiger partial charge in [-0.2, -0.15) is 0 Å². The van der Waals surface area contributed by atoms with Crippen molar-refractivity contribution in [2.45, 2.75) is 37.8 Å². The summed E-state index contributed by atoms with van der Waals surface area (Å²) >= 11 is 0. The SMILES string of the molecule is COCCN(C1CC1)C(C)(CN)Cc1ccccc1F. The Morgan fingerprint density at radius 1 is 1.40 bits per heavy atom. The molecule has 1 aromatic rings. The number of nitrogens with two attached hydrogens (primary N) is 1. The highest BCUT2D eigenvalue weighted by atomic mass is 19.1. The molecule has 1 saturated carbocycles. The van der Waals surface area contributed by atoms with E-state index in [1.165, 1.54) is 18.9 Å². The lowest BCUT2D eigenvalue weighted by Crippen LogP contribution is -2.55. The lowest BCUT2D eigenvalue weighted by atomic mass is 9.90. The van der Waals surface area contributed by atoms with E-state index in [4.69, 9.17) is 10.5 Å². The molecule has 0 spiro atoms. The van der Waals surface area contributed by atoms with Crippen LogP contribution in [-0.4, -0.2) is 43.3 Å². The van der Waals surface area contributed by atoms with Crippen LogP contribution in [0.1, 0.15) is 25.3 Å². The molecule has 3 nitrogen and oxygen atoms in total. The average molecular weight is 280 g/mol. The molecule has 1 aliphatic carbocycles. The first-order valence-corrected chi connectivity index (χ1v) is 7.30. The normalized spacial score (nSPS) is 18.2. The van der Waals surface area contributed by atoms with Gasteiger partial charge in [-0.25, -0.2) is 4.39 Å². The maximum Gasteiger partial charge on any atom is 0.126 e. The molecule has 0 aromatic heterocycles. The average Bonchev–Trinajstić information content (AvgIpc) is 3.26. The number of halogens is 1. The molecule has 0 saturated heterocycles. The van der Waals surface area contributed by atoms with Gasteiger partial charge in [0, 0.05) is 31.8 Å². The van der Waals surface area contributed by atoms with Crippen LogP contribution in [-0.2, 0) is 11.2 Å². The van der Waals surface area contributed by atoms with Crippen molar-refractivity contribution in [1.82, 2.24) is 4.90 Å². The topological polar surface area (TPSA) is 38.5 Å². The first kappa shape index (κ1) is 15.4. The minimum absolute atomic E-state index is 0.144. The number of nitrogens with zero attached hydrogens (tertiary/aromatic N) is 1. The fraction of sp³-hybridized carbons (Fsp3) is 0.625. The number of hydrogen-bond acceptors (Lipinski definition) is 3. The predicted octanol–water partition coefficient (Wildman–Crippen LogP) is 2.20. The van der Waals surface area contributed by atoms with Crippen LogP contribution in [0.15, 0.2) is 24.3 Å². The van der Waals surface area contributed by atoms with E-state index in [-0.39, 0.29) is 11.4 Å². The highest BCUT2D eigenvalue weighted by molar-refractivity contribution is 5.20. The highest BCUT2D eigenvalue weighted by Gasteiger charge is 2.40. The quantitative estimate of drug-likeness (QED) is 0.793. The van der Waals surface area contributed by atoms with Crippen molar-refractivity contribution in [3.05, 3.63) is 35.6 Å². The summed E-state index contributed by atoms with van der Waals surface area (Å²) in [6.07, 6.45) is 3.05. The van der Waals surface area contributed by atoms with Crippen molar-refractivity contribution < 1.29 is 9.13 Å². The number of benzene rings is 1. The van der Waals surface area contributed by atoms with Crippen LogP contribution in [0.25, 0.3) is 0 Å². The number of rotatable bonds is 8. The second kappa shape index (κ2) is 6.66. The molecule has 20 heavy (non-hydrogen) atoms. The van der Waals surface area contributed by atoms with Crippen LogP contribution in [0, 0.1) is 5.82 Å². The van der Waals surface area contributed by atoms with Crippen molar-refractivity contribution in [1.29, 1.82) is 0 Å². The van der Waals surface area contributed by atoms with Gasteiger partial charge < -0.3 is 10.5 Å². The summed E-state index contributed by atoms with van der Waals surface area (Å²) in [6.45, 7) is 4.18. The van der Waals surface area contributed by atoms with Crippen LogP contribution in [0.2, 0.25) is 0 Å².